The highest BCUT2D eigenvalue weighted by Gasteiger charge is 2.19. The van der Waals surface area contributed by atoms with Gasteiger partial charge in [0.05, 0.1) is 18.2 Å². The van der Waals surface area contributed by atoms with Crippen molar-refractivity contribution < 1.29 is 24.5 Å². The van der Waals surface area contributed by atoms with E-state index in [-0.39, 0.29) is 11.1 Å². The summed E-state index contributed by atoms with van der Waals surface area (Å²) in [6.07, 6.45) is 0.670. The molecular formula is C23H20O5. The zero-order chi connectivity index (χ0) is 20.1. The van der Waals surface area contributed by atoms with Gasteiger partial charge in [-0.3, -0.25) is 0 Å². The van der Waals surface area contributed by atoms with E-state index in [0.717, 1.165) is 11.1 Å². The second-order valence-corrected chi connectivity index (χ2v) is 6.46. The molecule has 0 spiro atoms. The summed E-state index contributed by atoms with van der Waals surface area (Å²) in [6, 6.07) is 19.6. The second-order valence-electron chi connectivity index (χ2n) is 6.46. The SMILES string of the molecule is COc1ccc(Cc2cc(C(=O)O)c(Cc3ccccc3)cc2C(=O)O)cc1. The molecular weight excluding hydrogens is 356 g/mol. The Morgan fingerprint density at radius 3 is 1.64 bits per heavy atom. The number of hydrogen-bond acceptors (Lipinski definition) is 3. The maximum Gasteiger partial charge on any atom is 0.335 e. The first kappa shape index (κ1) is 19.2. The van der Waals surface area contributed by atoms with Crippen LogP contribution in [0.1, 0.15) is 43.0 Å². The molecule has 0 heterocycles. The first-order chi connectivity index (χ1) is 13.5. The molecule has 0 saturated carbocycles. The molecule has 142 valence electrons. The van der Waals surface area contributed by atoms with E-state index < -0.39 is 11.9 Å². The standard InChI is InChI=1S/C23H20O5/c1-28-19-9-7-16(8-10-19)12-18-14-20(22(24)25)17(13-21(18)23(26)27)11-15-5-3-2-4-6-15/h2-10,13-14H,11-12H2,1H3,(H,24,25)(H,26,27). The van der Waals surface area contributed by atoms with Gasteiger partial charge in [-0.15, -0.1) is 0 Å². The molecule has 0 amide bonds. The van der Waals surface area contributed by atoms with Gasteiger partial charge in [0, 0.05) is 0 Å². The normalized spacial score (nSPS) is 10.5. The van der Waals surface area contributed by atoms with Gasteiger partial charge in [-0.25, -0.2) is 9.59 Å². The number of carbonyl (C=O) groups is 2. The molecule has 2 N–H and O–H groups in total. The van der Waals surface area contributed by atoms with Gasteiger partial charge >= 0.3 is 11.9 Å². The molecule has 0 fully saturated rings. The quantitative estimate of drug-likeness (QED) is 0.643. The van der Waals surface area contributed by atoms with Crippen molar-refractivity contribution in [2.75, 3.05) is 7.11 Å². The lowest BCUT2D eigenvalue weighted by Gasteiger charge is -2.13. The molecule has 0 unspecified atom stereocenters. The molecule has 0 aliphatic rings. The Balaban J connectivity index is 2.02. The van der Waals surface area contributed by atoms with E-state index in [1.165, 1.54) is 12.1 Å². The van der Waals surface area contributed by atoms with Gasteiger partial charge in [0.1, 0.15) is 5.75 Å². The monoisotopic (exact) mass is 376 g/mol. The van der Waals surface area contributed by atoms with Crippen LogP contribution in [0.3, 0.4) is 0 Å². The zero-order valence-corrected chi connectivity index (χ0v) is 15.4. The van der Waals surface area contributed by atoms with E-state index in [1.807, 2.05) is 42.5 Å². The molecule has 3 aromatic rings. The molecule has 5 heteroatoms. The van der Waals surface area contributed by atoms with Gasteiger partial charge in [0.15, 0.2) is 0 Å². The van der Waals surface area contributed by atoms with Crippen LogP contribution in [0.25, 0.3) is 0 Å². The third-order valence-electron chi connectivity index (χ3n) is 4.58. The summed E-state index contributed by atoms with van der Waals surface area (Å²) >= 11 is 0. The van der Waals surface area contributed by atoms with Crippen LogP contribution in [-0.2, 0) is 12.8 Å². The van der Waals surface area contributed by atoms with Crippen molar-refractivity contribution in [3.05, 3.63) is 100 Å². The van der Waals surface area contributed by atoms with Gasteiger partial charge in [0.2, 0.25) is 0 Å². The summed E-state index contributed by atoms with van der Waals surface area (Å²) < 4.78 is 5.13. The van der Waals surface area contributed by atoms with Crippen LogP contribution in [0, 0.1) is 0 Å². The van der Waals surface area contributed by atoms with Gasteiger partial charge in [-0.1, -0.05) is 42.5 Å². The van der Waals surface area contributed by atoms with E-state index >= 15 is 0 Å². The number of hydrogen-bond donors (Lipinski definition) is 2. The highest BCUT2D eigenvalue weighted by Crippen LogP contribution is 2.24. The maximum absolute atomic E-state index is 11.8. The largest absolute Gasteiger partial charge is 0.497 e. The lowest BCUT2D eigenvalue weighted by Crippen LogP contribution is -2.11. The van der Waals surface area contributed by atoms with Crippen LogP contribution in [0.15, 0.2) is 66.7 Å². The average molecular weight is 376 g/mol. The van der Waals surface area contributed by atoms with E-state index in [0.29, 0.717) is 29.7 Å². The average Bonchev–Trinajstić information content (AvgIpc) is 2.69. The fourth-order valence-electron chi connectivity index (χ4n) is 3.16. The van der Waals surface area contributed by atoms with Crippen molar-refractivity contribution in [3.63, 3.8) is 0 Å². The number of rotatable bonds is 7. The molecule has 0 aliphatic heterocycles. The third-order valence-corrected chi connectivity index (χ3v) is 4.58. The maximum atomic E-state index is 11.8. The van der Waals surface area contributed by atoms with Crippen LogP contribution < -0.4 is 4.74 Å². The lowest BCUT2D eigenvalue weighted by molar-refractivity contribution is 0.0679. The van der Waals surface area contributed by atoms with Crippen LogP contribution in [0.2, 0.25) is 0 Å². The summed E-state index contributed by atoms with van der Waals surface area (Å²) in [7, 11) is 1.57. The molecule has 3 aromatic carbocycles. The predicted molar refractivity (Wildman–Crippen MR) is 105 cm³/mol. The third kappa shape index (κ3) is 4.38. The Bertz CT molecular complexity index is 992. The summed E-state index contributed by atoms with van der Waals surface area (Å²) in [5.41, 5.74) is 2.98. The topological polar surface area (TPSA) is 83.8 Å². The van der Waals surface area contributed by atoms with Gasteiger partial charge in [0.25, 0.3) is 0 Å². The smallest absolute Gasteiger partial charge is 0.335 e. The minimum Gasteiger partial charge on any atom is -0.497 e. The molecule has 5 nitrogen and oxygen atoms in total. The fraction of sp³-hybridized carbons (Fsp3) is 0.130. The first-order valence-electron chi connectivity index (χ1n) is 8.77. The van der Waals surface area contributed by atoms with Crippen molar-refractivity contribution >= 4 is 11.9 Å². The lowest BCUT2D eigenvalue weighted by atomic mass is 9.91. The van der Waals surface area contributed by atoms with E-state index in [9.17, 15) is 19.8 Å². The predicted octanol–water partition coefficient (Wildman–Crippen LogP) is 4.27. The highest BCUT2D eigenvalue weighted by atomic mass is 16.5. The molecule has 0 saturated heterocycles. The van der Waals surface area contributed by atoms with Gasteiger partial charge in [-0.05, 0) is 59.4 Å². The van der Waals surface area contributed by atoms with Crippen LogP contribution in [0.4, 0.5) is 0 Å². The van der Waals surface area contributed by atoms with Crippen molar-refractivity contribution in [2.24, 2.45) is 0 Å². The first-order valence-corrected chi connectivity index (χ1v) is 8.77. The molecule has 0 radical (unpaired) electrons. The molecule has 0 bridgehead atoms. The Morgan fingerprint density at radius 2 is 1.21 bits per heavy atom. The number of benzene rings is 3. The minimum atomic E-state index is -1.07. The second kappa shape index (κ2) is 8.39. The molecule has 0 aliphatic carbocycles. The summed E-state index contributed by atoms with van der Waals surface area (Å²) in [4.78, 5) is 23.6. The zero-order valence-electron chi connectivity index (χ0n) is 15.4. The Kier molecular flexibility index (Phi) is 5.75. The van der Waals surface area contributed by atoms with Crippen molar-refractivity contribution in [2.45, 2.75) is 12.8 Å². The van der Waals surface area contributed by atoms with Gasteiger partial charge in [-0.2, -0.15) is 0 Å². The molecule has 28 heavy (non-hydrogen) atoms. The Hall–Kier alpha value is -3.60. The van der Waals surface area contributed by atoms with E-state index in [1.54, 1.807) is 19.2 Å². The molecule has 3 rings (SSSR count). The van der Waals surface area contributed by atoms with Crippen LogP contribution in [-0.4, -0.2) is 29.3 Å². The Morgan fingerprint density at radius 1 is 0.750 bits per heavy atom. The minimum absolute atomic E-state index is 0.117. The number of methoxy groups -OCH3 is 1. The van der Waals surface area contributed by atoms with Gasteiger partial charge < -0.3 is 14.9 Å². The molecule has 0 aromatic heterocycles. The van der Waals surface area contributed by atoms with Crippen LogP contribution >= 0.6 is 0 Å². The van der Waals surface area contributed by atoms with Crippen molar-refractivity contribution in [1.82, 2.24) is 0 Å². The van der Waals surface area contributed by atoms with Crippen molar-refractivity contribution in [3.8, 4) is 5.75 Å². The summed E-state index contributed by atoms with van der Waals surface area (Å²) in [5.74, 6) is -1.44. The number of aromatic carboxylic acids is 2. The summed E-state index contributed by atoms with van der Waals surface area (Å²) in [5, 5.41) is 19.3. The van der Waals surface area contributed by atoms with Crippen LogP contribution in [0.5, 0.6) is 5.75 Å². The van der Waals surface area contributed by atoms with Crippen molar-refractivity contribution in [1.29, 1.82) is 0 Å². The number of carboxylic acid groups (broad SMARTS) is 2. The molecule has 0 atom stereocenters. The highest BCUT2D eigenvalue weighted by molar-refractivity contribution is 5.95. The Labute approximate surface area is 162 Å². The fourth-order valence-corrected chi connectivity index (χ4v) is 3.16. The number of ether oxygens (including phenoxy) is 1. The van der Waals surface area contributed by atoms with E-state index in [4.69, 9.17) is 4.74 Å². The van der Waals surface area contributed by atoms with E-state index in [2.05, 4.69) is 0 Å². The summed E-state index contributed by atoms with van der Waals surface area (Å²) in [6.45, 7) is 0. The number of carboxylic acids is 2.